The van der Waals surface area contributed by atoms with Crippen molar-refractivity contribution < 1.29 is 23.8 Å². The molecule has 19 heavy (non-hydrogen) atoms. The Hall–Kier alpha value is -2.70. The molecule has 1 amide bonds. The number of aromatic nitrogens is 1. The maximum atomic E-state index is 13.2. The molecule has 0 aliphatic heterocycles. The van der Waals surface area contributed by atoms with E-state index in [-0.39, 0.29) is 22.7 Å². The van der Waals surface area contributed by atoms with Gasteiger partial charge in [0, 0.05) is 0 Å². The number of amides is 1. The second kappa shape index (κ2) is 4.89. The monoisotopic (exact) mass is 266 g/mol. The number of anilines is 1. The Morgan fingerprint density at radius 3 is 2.58 bits per heavy atom. The minimum absolute atomic E-state index is 0.236. The molecule has 0 atom stereocenters. The second-order valence-electron chi connectivity index (χ2n) is 3.63. The molecule has 7 heteroatoms. The molecular weight excluding hydrogens is 258 g/mol. The van der Waals surface area contributed by atoms with Crippen molar-refractivity contribution >= 4 is 11.6 Å². The van der Waals surface area contributed by atoms with Crippen LogP contribution in [0.5, 0.6) is 11.5 Å². The molecule has 2 aromatic rings. The van der Waals surface area contributed by atoms with Crippen molar-refractivity contribution in [2.45, 2.75) is 0 Å². The Labute approximate surface area is 106 Å². The third-order valence-corrected chi connectivity index (χ3v) is 2.29. The first-order valence-corrected chi connectivity index (χ1v) is 5.13. The van der Waals surface area contributed by atoms with Gasteiger partial charge in [0.1, 0.15) is 11.5 Å². The molecule has 0 saturated heterocycles. The first kappa shape index (κ1) is 12.7. The van der Waals surface area contributed by atoms with E-state index in [0.29, 0.717) is 0 Å². The molecule has 1 heterocycles. The van der Waals surface area contributed by atoms with Crippen molar-refractivity contribution in [3.05, 3.63) is 47.8 Å². The molecule has 0 unspecified atom stereocenters. The number of pyridine rings is 1. The van der Waals surface area contributed by atoms with Crippen molar-refractivity contribution in [2.75, 3.05) is 5.32 Å². The lowest BCUT2D eigenvalue weighted by molar-refractivity contribution is 0.102. The van der Waals surface area contributed by atoms with Gasteiger partial charge in [-0.3, -0.25) is 4.79 Å². The first-order valence-electron chi connectivity index (χ1n) is 5.13. The quantitative estimate of drug-likeness (QED) is 0.573. The summed E-state index contributed by atoms with van der Waals surface area (Å²) in [6.07, 6.45) is 0. The van der Waals surface area contributed by atoms with E-state index in [1.165, 1.54) is 6.07 Å². The van der Waals surface area contributed by atoms with E-state index in [0.717, 1.165) is 24.3 Å². The largest absolute Gasteiger partial charge is 0.508 e. The molecular formula is C12H8F2N2O3. The highest BCUT2D eigenvalue weighted by atomic mass is 19.1. The topological polar surface area (TPSA) is 82.5 Å². The molecule has 3 N–H and O–H groups in total. The van der Waals surface area contributed by atoms with Crippen LogP contribution < -0.4 is 5.32 Å². The molecule has 5 nitrogen and oxygen atoms in total. The number of phenolic OH excluding ortho intramolecular Hbond substituents is 2. The van der Waals surface area contributed by atoms with Crippen LogP contribution >= 0.6 is 0 Å². The summed E-state index contributed by atoms with van der Waals surface area (Å²) in [6, 6.07) is 5.19. The van der Waals surface area contributed by atoms with Crippen LogP contribution in [0.1, 0.15) is 10.4 Å². The average molecular weight is 266 g/mol. The highest BCUT2D eigenvalue weighted by Gasteiger charge is 2.15. The van der Waals surface area contributed by atoms with Gasteiger partial charge in [0.15, 0.2) is 0 Å². The van der Waals surface area contributed by atoms with Crippen LogP contribution in [0.3, 0.4) is 0 Å². The number of aromatic hydroxyl groups is 2. The molecule has 98 valence electrons. The molecule has 0 spiro atoms. The fraction of sp³-hybridized carbons (Fsp3) is 0. The van der Waals surface area contributed by atoms with E-state index in [4.69, 9.17) is 0 Å². The fourth-order valence-electron chi connectivity index (χ4n) is 1.40. The van der Waals surface area contributed by atoms with Crippen molar-refractivity contribution in [3.63, 3.8) is 0 Å². The summed E-state index contributed by atoms with van der Waals surface area (Å²) in [7, 11) is 0. The molecule has 0 radical (unpaired) electrons. The Balaban J connectivity index is 2.28. The molecule has 0 aliphatic carbocycles. The number of nitrogens with zero attached hydrogens (tertiary/aromatic N) is 1. The van der Waals surface area contributed by atoms with E-state index in [9.17, 15) is 23.8 Å². The number of carbonyl (C=O) groups is 1. The summed E-state index contributed by atoms with van der Waals surface area (Å²) in [5.41, 5.74) is -0.585. The highest BCUT2D eigenvalue weighted by molar-refractivity contribution is 6.06. The minimum Gasteiger partial charge on any atom is -0.508 e. The van der Waals surface area contributed by atoms with Crippen molar-refractivity contribution in [3.8, 4) is 11.5 Å². The van der Waals surface area contributed by atoms with E-state index in [1.807, 2.05) is 0 Å². The van der Waals surface area contributed by atoms with Gasteiger partial charge in [-0.1, -0.05) is 0 Å². The Morgan fingerprint density at radius 2 is 1.89 bits per heavy atom. The lowest BCUT2D eigenvalue weighted by atomic mass is 10.1. The second-order valence-corrected chi connectivity index (χ2v) is 3.63. The lowest BCUT2D eigenvalue weighted by Gasteiger charge is -2.07. The van der Waals surface area contributed by atoms with Gasteiger partial charge >= 0.3 is 0 Å². The Kier molecular flexibility index (Phi) is 3.28. The zero-order valence-electron chi connectivity index (χ0n) is 9.39. The summed E-state index contributed by atoms with van der Waals surface area (Å²) in [4.78, 5) is 14.7. The van der Waals surface area contributed by atoms with Crippen molar-refractivity contribution in [1.29, 1.82) is 0 Å². The SMILES string of the molecule is O=C(Nc1ccc(F)nc1F)c1cc(O)ccc1O. The van der Waals surface area contributed by atoms with Gasteiger partial charge in [0.25, 0.3) is 5.91 Å². The van der Waals surface area contributed by atoms with Gasteiger partial charge in [0.2, 0.25) is 11.9 Å². The van der Waals surface area contributed by atoms with Gasteiger partial charge in [-0.15, -0.1) is 0 Å². The van der Waals surface area contributed by atoms with Crippen LogP contribution in [0.25, 0.3) is 0 Å². The van der Waals surface area contributed by atoms with Gasteiger partial charge in [0.05, 0.1) is 11.3 Å². The summed E-state index contributed by atoms with van der Waals surface area (Å²) < 4.78 is 25.8. The third kappa shape index (κ3) is 2.76. The number of halogens is 2. The zero-order valence-corrected chi connectivity index (χ0v) is 9.39. The van der Waals surface area contributed by atoms with E-state index >= 15 is 0 Å². The van der Waals surface area contributed by atoms with Crippen LogP contribution in [-0.2, 0) is 0 Å². The van der Waals surface area contributed by atoms with Crippen LogP contribution in [0.2, 0.25) is 0 Å². The van der Waals surface area contributed by atoms with Crippen LogP contribution in [0.15, 0.2) is 30.3 Å². The maximum absolute atomic E-state index is 13.2. The fourth-order valence-corrected chi connectivity index (χ4v) is 1.40. The van der Waals surface area contributed by atoms with E-state index in [1.54, 1.807) is 0 Å². The smallest absolute Gasteiger partial charge is 0.259 e. The van der Waals surface area contributed by atoms with Crippen LogP contribution in [0, 0.1) is 11.9 Å². The van der Waals surface area contributed by atoms with Crippen molar-refractivity contribution in [2.24, 2.45) is 0 Å². The summed E-state index contributed by atoms with van der Waals surface area (Å²) in [5.74, 6) is -3.68. The number of carbonyl (C=O) groups excluding carboxylic acids is 1. The molecule has 0 bridgehead atoms. The van der Waals surface area contributed by atoms with Gasteiger partial charge in [-0.2, -0.15) is 13.8 Å². The number of phenols is 2. The van der Waals surface area contributed by atoms with E-state index in [2.05, 4.69) is 10.3 Å². The summed E-state index contributed by atoms with van der Waals surface area (Å²) >= 11 is 0. The van der Waals surface area contributed by atoms with E-state index < -0.39 is 17.8 Å². The van der Waals surface area contributed by atoms with Gasteiger partial charge in [-0.25, -0.2) is 0 Å². The molecule has 1 aromatic carbocycles. The first-order chi connectivity index (χ1) is 8.97. The molecule has 2 rings (SSSR count). The van der Waals surface area contributed by atoms with Crippen LogP contribution in [-0.4, -0.2) is 21.1 Å². The Bertz CT molecular complexity index is 647. The van der Waals surface area contributed by atoms with Gasteiger partial charge < -0.3 is 15.5 Å². The standard InChI is InChI=1S/C12H8F2N2O3/c13-10-4-2-8(11(14)16-10)15-12(19)7-5-6(17)1-3-9(7)18/h1-5,17-18H,(H,15,19). The Morgan fingerprint density at radius 1 is 1.16 bits per heavy atom. The molecule has 0 aliphatic rings. The minimum atomic E-state index is -1.19. The number of rotatable bonds is 2. The number of benzene rings is 1. The predicted molar refractivity (Wildman–Crippen MR) is 61.9 cm³/mol. The number of hydrogen-bond donors (Lipinski definition) is 3. The normalized spacial score (nSPS) is 10.2. The summed E-state index contributed by atoms with van der Waals surface area (Å²) in [5, 5.41) is 20.8. The average Bonchev–Trinajstić information content (AvgIpc) is 2.35. The number of nitrogens with one attached hydrogen (secondary N) is 1. The van der Waals surface area contributed by atoms with Crippen molar-refractivity contribution in [1.82, 2.24) is 4.98 Å². The van der Waals surface area contributed by atoms with Gasteiger partial charge in [-0.05, 0) is 30.3 Å². The number of hydrogen-bond acceptors (Lipinski definition) is 4. The molecule has 1 aromatic heterocycles. The summed E-state index contributed by atoms with van der Waals surface area (Å²) in [6.45, 7) is 0. The zero-order chi connectivity index (χ0) is 14.0. The lowest BCUT2D eigenvalue weighted by Crippen LogP contribution is -2.14. The van der Waals surface area contributed by atoms with Crippen LogP contribution in [0.4, 0.5) is 14.5 Å². The highest BCUT2D eigenvalue weighted by Crippen LogP contribution is 2.23. The maximum Gasteiger partial charge on any atom is 0.259 e. The predicted octanol–water partition coefficient (Wildman–Crippen LogP) is 2.02. The molecule has 0 saturated carbocycles. The molecule has 0 fully saturated rings. The third-order valence-electron chi connectivity index (χ3n) is 2.29.